The molecule has 1 aromatic carbocycles. The van der Waals surface area contributed by atoms with Gasteiger partial charge in [-0.25, -0.2) is 0 Å². The molecule has 0 aliphatic heterocycles. The summed E-state index contributed by atoms with van der Waals surface area (Å²) in [5.41, 5.74) is 4.04. The third-order valence-electron chi connectivity index (χ3n) is 4.33. The van der Waals surface area contributed by atoms with Crippen LogP contribution in [-0.2, 0) is 16.1 Å². The van der Waals surface area contributed by atoms with Crippen LogP contribution in [0.1, 0.15) is 35.5 Å². The molecule has 1 N–H and O–H groups in total. The van der Waals surface area contributed by atoms with Crippen LogP contribution >= 0.6 is 0 Å². The fourth-order valence-electron chi connectivity index (χ4n) is 3.12. The zero-order chi connectivity index (χ0) is 19.1. The summed E-state index contributed by atoms with van der Waals surface area (Å²) < 4.78 is 7.40. The van der Waals surface area contributed by atoms with Crippen molar-refractivity contribution in [3.63, 3.8) is 0 Å². The van der Waals surface area contributed by atoms with Gasteiger partial charge in [0.2, 0.25) is 0 Å². The lowest BCUT2D eigenvalue weighted by Gasteiger charge is -2.17. The van der Waals surface area contributed by atoms with Crippen LogP contribution in [0.5, 0.6) is 0 Å². The smallest absolute Gasteiger partial charge is 0.262 e. The van der Waals surface area contributed by atoms with Gasteiger partial charge in [-0.15, -0.1) is 0 Å². The Balaban J connectivity index is 2.19. The number of hydrogen-bond acceptors (Lipinski definition) is 3. The van der Waals surface area contributed by atoms with E-state index in [0.717, 1.165) is 22.5 Å². The molecule has 2 rings (SSSR count). The topological polar surface area (TPSA) is 67.0 Å². The molecule has 26 heavy (non-hydrogen) atoms. The predicted molar refractivity (Wildman–Crippen MR) is 102 cm³/mol. The van der Waals surface area contributed by atoms with Crippen LogP contribution in [0.3, 0.4) is 0 Å². The van der Waals surface area contributed by atoms with E-state index in [2.05, 4.69) is 16.8 Å². The summed E-state index contributed by atoms with van der Waals surface area (Å²) in [4.78, 5) is 12.4. The van der Waals surface area contributed by atoms with E-state index in [1.807, 2.05) is 56.3 Å². The molecule has 0 aliphatic rings. The minimum absolute atomic E-state index is 0.0978. The second-order valence-electron chi connectivity index (χ2n) is 6.34. The van der Waals surface area contributed by atoms with Gasteiger partial charge in [0.25, 0.3) is 5.91 Å². The van der Waals surface area contributed by atoms with Crippen LogP contribution in [0.15, 0.2) is 42.0 Å². The van der Waals surface area contributed by atoms with Gasteiger partial charge >= 0.3 is 0 Å². The number of nitrogens with zero attached hydrogens (tertiary/aromatic N) is 2. The standard InChI is InChI=1S/C21H25N3O2/c1-15-10-19(17(3)24(15)16(2)14-26-4)11-20(12-22)21(25)23-13-18-8-6-5-7-9-18/h5-11,16H,13-14H2,1-4H3,(H,23,25)/b20-11+. The Morgan fingerprint density at radius 1 is 1.35 bits per heavy atom. The van der Waals surface area contributed by atoms with E-state index in [1.54, 1.807) is 13.2 Å². The highest BCUT2D eigenvalue weighted by Gasteiger charge is 2.15. The van der Waals surface area contributed by atoms with E-state index in [1.165, 1.54) is 0 Å². The lowest BCUT2D eigenvalue weighted by Crippen LogP contribution is -2.23. The average Bonchev–Trinajstić information content (AvgIpc) is 2.92. The number of rotatable bonds is 7. The van der Waals surface area contributed by atoms with Crippen molar-refractivity contribution in [2.24, 2.45) is 0 Å². The molecule has 1 amide bonds. The molecule has 0 spiro atoms. The zero-order valence-electron chi connectivity index (χ0n) is 15.7. The van der Waals surface area contributed by atoms with Gasteiger partial charge in [-0.2, -0.15) is 5.26 Å². The lowest BCUT2D eigenvalue weighted by atomic mass is 10.1. The molecule has 1 atom stereocenters. The quantitative estimate of drug-likeness (QED) is 0.613. The third-order valence-corrected chi connectivity index (χ3v) is 4.33. The molecule has 0 saturated carbocycles. The van der Waals surface area contributed by atoms with Crippen molar-refractivity contribution >= 4 is 12.0 Å². The number of carbonyl (C=O) groups is 1. The molecule has 0 bridgehead atoms. The van der Waals surface area contributed by atoms with Crippen LogP contribution in [-0.4, -0.2) is 24.2 Å². The number of aryl methyl sites for hydroxylation is 1. The van der Waals surface area contributed by atoms with Crippen LogP contribution in [0.4, 0.5) is 0 Å². The maximum Gasteiger partial charge on any atom is 0.262 e. The van der Waals surface area contributed by atoms with Gasteiger partial charge in [0, 0.05) is 25.0 Å². The molecular formula is C21H25N3O2. The molecule has 0 radical (unpaired) electrons. The van der Waals surface area contributed by atoms with Gasteiger partial charge < -0.3 is 14.6 Å². The van der Waals surface area contributed by atoms with Gasteiger partial charge in [0.1, 0.15) is 11.6 Å². The Bertz CT molecular complexity index is 829. The Morgan fingerprint density at radius 2 is 2.04 bits per heavy atom. The molecular weight excluding hydrogens is 326 g/mol. The normalized spacial score (nSPS) is 12.5. The van der Waals surface area contributed by atoms with Crippen LogP contribution in [0.25, 0.3) is 6.08 Å². The number of ether oxygens (including phenoxy) is 1. The van der Waals surface area contributed by atoms with Crippen molar-refractivity contribution in [1.82, 2.24) is 9.88 Å². The first-order valence-electron chi connectivity index (χ1n) is 8.59. The zero-order valence-corrected chi connectivity index (χ0v) is 15.7. The number of methoxy groups -OCH3 is 1. The van der Waals surface area contributed by atoms with E-state index in [4.69, 9.17) is 4.74 Å². The van der Waals surface area contributed by atoms with Crippen molar-refractivity contribution in [3.8, 4) is 6.07 Å². The monoisotopic (exact) mass is 351 g/mol. The minimum Gasteiger partial charge on any atom is -0.383 e. The van der Waals surface area contributed by atoms with Crippen molar-refractivity contribution < 1.29 is 9.53 Å². The number of aromatic nitrogens is 1. The van der Waals surface area contributed by atoms with Crippen LogP contribution in [0, 0.1) is 25.2 Å². The first-order valence-corrected chi connectivity index (χ1v) is 8.59. The van der Waals surface area contributed by atoms with Gasteiger partial charge in [0.05, 0.1) is 12.6 Å². The van der Waals surface area contributed by atoms with Gasteiger partial charge in [0.15, 0.2) is 0 Å². The summed E-state index contributed by atoms with van der Waals surface area (Å²) in [5.74, 6) is -0.369. The van der Waals surface area contributed by atoms with Gasteiger partial charge in [-0.1, -0.05) is 30.3 Å². The number of nitriles is 1. The number of carbonyl (C=O) groups excluding carboxylic acids is 1. The average molecular weight is 351 g/mol. The lowest BCUT2D eigenvalue weighted by molar-refractivity contribution is -0.117. The van der Waals surface area contributed by atoms with E-state index in [-0.39, 0.29) is 17.5 Å². The molecule has 5 heteroatoms. The Morgan fingerprint density at radius 3 is 2.65 bits per heavy atom. The summed E-state index contributed by atoms with van der Waals surface area (Å²) >= 11 is 0. The highest BCUT2D eigenvalue weighted by molar-refractivity contribution is 6.01. The first kappa shape index (κ1) is 19.5. The summed E-state index contributed by atoms with van der Waals surface area (Å²) in [6.07, 6.45) is 1.65. The van der Waals surface area contributed by atoms with Crippen LogP contribution in [0.2, 0.25) is 0 Å². The second kappa shape index (κ2) is 9.02. The number of benzene rings is 1. The largest absolute Gasteiger partial charge is 0.383 e. The van der Waals surface area contributed by atoms with Crippen molar-refractivity contribution in [2.75, 3.05) is 13.7 Å². The molecule has 136 valence electrons. The summed E-state index contributed by atoms with van der Waals surface area (Å²) in [6.45, 7) is 7.07. The fourth-order valence-corrected chi connectivity index (χ4v) is 3.12. The van der Waals surface area contributed by atoms with E-state index in [9.17, 15) is 10.1 Å². The SMILES string of the molecule is COCC(C)n1c(C)cc(/C=C(\C#N)C(=O)NCc2ccccc2)c1C. The predicted octanol–water partition coefficient (Wildman–Crippen LogP) is 3.54. The number of amides is 1. The molecule has 0 fully saturated rings. The Hall–Kier alpha value is -2.84. The molecule has 5 nitrogen and oxygen atoms in total. The molecule has 0 aliphatic carbocycles. The number of nitrogens with one attached hydrogen (secondary N) is 1. The molecule has 1 unspecified atom stereocenters. The van der Waals surface area contributed by atoms with Crippen molar-refractivity contribution in [3.05, 3.63) is 64.5 Å². The first-order chi connectivity index (χ1) is 12.5. The molecule has 0 saturated heterocycles. The third kappa shape index (κ3) is 4.62. The number of hydrogen-bond donors (Lipinski definition) is 1. The molecule has 2 aromatic rings. The Kier molecular flexibility index (Phi) is 6.76. The second-order valence-corrected chi connectivity index (χ2v) is 6.34. The fraction of sp³-hybridized carbons (Fsp3) is 0.333. The summed E-state index contributed by atoms with van der Waals surface area (Å²) in [5, 5.41) is 12.2. The van der Waals surface area contributed by atoms with Gasteiger partial charge in [-0.3, -0.25) is 4.79 Å². The maximum absolute atomic E-state index is 12.4. The van der Waals surface area contributed by atoms with Gasteiger partial charge in [-0.05, 0) is 44.0 Å². The van der Waals surface area contributed by atoms with E-state index in [0.29, 0.717) is 13.2 Å². The summed E-state index contributed by atoms with van der Waals surface area (Å²) in [6, 6.07) is 13.8. The van der Waals surface area contributed by atoms with E-state index < -0.39 is 0 Å². The molecule has 1 heterocycles. The highest BCUT2D eigenvalue weighted by atomic mass is 16.5. The van der Waals surface area contributed by atoms with Crippen molar-refractivity contribution in [1.29, 1.82) is 5.26 Å². The Labute approximate surface area is 154 Å². The van der Waals surface area contributed by atoms with Crippen LogP contribution < -0.4 is 5.32 Å². The minimum atomic E-state index is -0.369. The van der Waals surface area contributed by atoms with E-state index >= 15 is 0 Å². The highest BCUT2D eigenvalue weighted by Crippen LogP contribution is 2.22. The van der Waals surface area contributed by atoms with Crippen molar-refractivity contribution in [2.45, 2.75) is 33.4 Å². The summed E-state index contributed by atoms with van der Waals surface area (Å²) in [7, 11) is 1.68. The molecule has 1 aromatic heterocycles. The maximum atomic E-state index is 12.4.